The first-order chi connectivity index (χ1) is 10.2. The third-order valence-electron chi connectivity index (χ3n) is 4.26. The van der Waals surface area contributed by atoms with Crippen molar-refractivity contribution in [2.45, 2.75) is 26.2 Å². The summed E-state index contributed by atoms with van der Waals surface area (Å²) in [5.74, 6) is 0.172. The fraction of sp³-hybridized carbons (Fsp3) is 0.588. The number of amides is 1. The zero-order valence-electron chi connectivity index (χ0n) is 13.1. The minimum Gasteiger partial charge on any atom is -0.383 e. The van der Waals surface area contributed by atoms with Crippen molar-refractivity contribution in [2.75, 3.05) is 33.4 Å². The number of hydrogen-bond acceptors (Lipinski definition) is 3. The zero-order valence-corrected chi connectivity index (χ0v) is 13.1. The highest BCUT2D eigenvalue weighted by molar-refractivity contribution is 5.83. The molecule has 1 aliphatic rings. The molecule has 1 aliphatic carbocycles. The summed E-state index contributed by atoms with van der Waals surface area (Å²) in [5, 5.41) is 6.29. The Morgan fingerprint density at radius 2 is 2.00 bits per heavy atom. The number of methoxy groups -OCH3 is 1. The molecule has 2 N–H and O–H groups in total. The quantitative estimate of drug-likeness (QED) is 0.749. The number of ether oxygens (including phenoxy) is 1. The van der Waals surface area contributed by atoms with Crippen LogP contribution < -0.4 is 10.6 Å². The van der Waals surface area contributed by atoms with Crippen molar-refractivity contribution >= 4 is 5.91 Å². The van der Waals surface area contributed by atoms with Gasteiger partial charge in [0.15, 0.2) is 0 Å². The molecule has 0 aromatic heterocycles. The van der Waals surface area contributed by atoms with Crippen LogP contribution in [0.2, 0.25) is 0 Å². The molecule has 0 saturated heterocycles. The van der Waals surface area contributed by atoms with Crippen LogP contribution >= 0.6 is 0 Å². The second kappa shape index (κ2) is 7.57. The van der Waals surface area contributed by atoms with Crippen LogP contribution in [0.3, 0.4) is 0 Å². The van der Waals surface area contributed by atoms with Gasteiger partial charge in [-0.15, -0.1) is 0 Å². The SMILES string of the molecule is COCCNCCNC(=O)C1(C)CCc2ccccc2C1. The van der Waals surface area contributed by atoms with E-state index < -0.39 is 0 Å². The molecule has 0 spiro atoms. The van der Waals surface area contributed by atoms with Crippen molar-refractivity contribution in [2.24, 2.45) is 5.41 Å². The molecule has 4 heteroatoms. The van der Waals surface area contributed by atoms with Gasteiger partial charge in [-0.25, -0.2) is 0 Å². The number of benzene rings is 1. The number of fused-ring (bicyclic) bond motifs is 1. The highest BCUT2D eigenvalue weighted by atomic mass is 16.5. The molecule has 116 valence electrons. The van der Waals surface area contributed by atoms with E-state index in [1.807, 2.05) is 0 Å². The molecule has 0 heterocycles. The second-order valence-electron chi connectivity index (χ2n) is 6.00. The van der Waals surface area contributed by atoms with Crippen LogP contribution in [-0.2, 0) is 22.4 Å². The van der Waals surface area contributed by atoms with Gasteiger partial charge in [0, 0.05) is 26.7 Å². The van der Waals surface area contributed by atoms with Crippen molar-refractivity contribution in [3.8, 4) is 0 Å². The molecule has 1 unspecified atom stereocenters. The van der Waals surface area contributed by atoms with E-state index in [4.69, 9.17) is 4.74 Å². The number of nitrogens with one attached hydrogen (secondary N) is 2. The number of hydrogen-bond donors (Lipinski definition) is 2. The van der Waals surface area contributed by atoms with E-state index in [0.29, 0.717) is 13.2 Å². The lowest BCUT2D eigenvalue weighted by atomic mass is 9.72. The van der Waals surface area contributed by atoms with Gasteiger partial charge in [0.2, 0.25) is 5.91 Å². The molecule has 2 rings (SSSR count). The van der Waals surface area contributed by atoms with Crippen molar-refractivity contribution in [3.05, 3.63) is 35.4 Å². The molecule has 0 saturated carbocycles. The summed E-state index contributed by atoms with van der Waals surface area (Å²) < 4.78 is 4.96. The molecule has 1 aromatic rings. The topological polar surface area (TPSA) is 50.4 Å². The maximum Gasteiger partial charge on any atom is 0.226 e. The molecular formula is C17H26N2O2. The number of rotatable bonds is 7. The maximum atomic E-state index is 12.5. The summed E-state index contributed by atoms with van der Waals surface area (Å²) in [5.41, 5.74) is 2.43. The van der Waals surface area contributed by atoms with Crippen molar-refractivity contribution in [1.82, 2.24) is 10.6 Å². The summed E-state index contributed by atoms with van der Waals surface area (Å²) in [7, 11) is 1.69. The minimum atomic E-state index is -0.277. The molecule has 0 radical (unpaired) electrons. The average Bonchev–Trinajstić information content (AvgIpc) is 2.50. The first-order valence-electron chi connectivity index (χ1n) is 7.70. The summed E-state index contributed by atoms with van der Waals surface area (Å²) >= 11 is 0. The lowest BCUT2D eigenvalue weighted by Crippen LogP contribution is -2.44. The lowest BCUT2D eigenvalue weighted by molar-refractivity contribution is -0.130. The third-order valence-corrected chi connectivity index (χ3v) is 4.26. The van der Waals surface area contributed by atoms with Crippen LogP contribution in [0.25, 0.3) is 0 Å². The predicted octanol–water partition coefficient (Wildman–Crippen LogP) is 1.53. The summed E-state index contributed by atoms with van der Waals surface area (Å²) in [6.45, 7) is 5.04. The Morgan fingerprint density at radius 3 is 2.76 bits per heavy atom. The highest BCUT2D eigenvalue weighted by Gasteiger charge is 2.36. The van der Waals surface area contributed by atoms with Gasteiger partial charge in [-0.05, 0) is 30.4 Å². The van der Waals surface area contributed by atoms with Gasteiger partial charge >= 0.3 is 0 Å². The monoisotopic (exact) mass is 290 g/mol. The van der Waals surface area contributed by atoms with Crippen LogP contribution in [-0.4, -0.2) is 39.3 Å². The van der Waals surface area contributed by atoms with E-state index in [9.17, 15) is 4.79 Å². The van der Waals surface area contributed by atoms with E-state index in [2.05, 4.69) is 41.8 Å². The first kappa shape index (κ1) is 16.0. The third kappa shape index (κ3) is 4.29. The van der Waals surface area contributed by atoms with Crippen molar-refractivity contribution in [3.63, 3.8) is 0 Å². The Balaban J connectivity index is 1.80. The molecule has 4 nitrogen and oxygen atoms in total. The zero-order chi connectivity index (χ0) is 15.1. The number of carbonyl (C=O) groups excluding carboxylic acids is 1. The molecule has 1 atom stereocenters. The van der Waals surface area contributed by atoms with Gasteiger partial charge in [0.1, 0.15) is 0 Å². The Bertz CT molecular complexity index is 476. The standard InChI is InChI=1S/C17H26N2O2/c1-17(16(20)19-10-9-18-11-12-21-2)8-7-14-5-3-4-6-15(14)13-17/h3-6,18H,7-13H2,1-2H3,(H,19,20). The summed E-state index contributed by atoms with van der Waals surface area (Å²) in [4.78, 5) is 12.5. The van der Waals surface area contributed by atoms with E-state index in [-0.39, 0.29) is 11.3 Å². The molecule has 0 bridgehead atoms. The molecular weight excluding hydrogens is 264 g/mol. The smallest absolute Gasteiger partial charge is 0.226 e. The van der Waals surface area contributed by atoms with Crippen LogP contribution in [0, 0.1) is 5.41 Å². The van der Waals surface area contributed by atoms with E-state index in [1.54, 1.807) is 7.11 Å². The van der Waals surface area contributed by atoms with Crippen molar-refractivity contribution in [1.29, 1.82) is 0 Å². The number of aryl methyl sites for hydroxylation is 1. The first-order valence-corrected chi connectivity index (χ1v) is 7.70. The van der Waals surface area contributed by atoms with Gasteiger partial charge in [0.25, 0.3) is 0 Å². The van der Waals surface area contributed by atoms with Crippen LogP contribution in [0.15, 0.2) is 24.3 Å². The Morgan fingerprint density at radius 1 is 1.24 bits per heavy atom. The fourth-order valence-corrected chi connectivity index (χ4v) is 2.86. The van der Waals surface area contributed by atoms with Gasteiger partial charge in [-0.1, -0.05) is 31.2 Å². The normalized spacial score (nSPS) is 20.9. The summed E-state index contributed by atoms with van der Waals surface area (Å²) in [6, 6.07) is 8.45. The largest absolute Gasteiger partial charge is 0.383 e. The Kier molecular flexibility index (Phi) is 5.76. The van der Waals surface area contributed by atoms with Gasteiger partial charge in [-0.2, -0.15) is 0 Å². The Hall–Kier alpha value is -1.39. The second-order valence-corrected chi connectivity index (χ2v) is 6.00. The van der Waals surface area contributed by atoms with E-state index in [0.717, 1.165) is 32.4 Å². The molecule has 1 amide bonds. The predicted molar refractivity (Wildman–Crippen MR) is 84.3 cm³/mol. The maximum absolute atomic E-state index is 12.5. The highest BCUT2D eigenvalue weighted by Crippen LogP contribution is 2.35. The molecule has 0 fully saturated rings. The molecule has 0 aliphatic heterocycles. The van der Waals surface area contributed by atoms with E-state index in [1.165, 1.54) is 11.1 Å². The minimum absolute atomic E-state index is 0.172. The van der Waals surface area contributed by atoms with Crippen LogP contribution in [0.5, 0.6) is 0 Å². The van der Waals surface area contributed by atoms with Crippen LogP contribution in [0.1, 0.15) is 24.5 Å². The van der Waals surface area contributed by atoms with Crippen molar-refractivity contribution < 1.29 is 9.53 Å². The fourth-order valence-electron chi connectivity index (χ4n) is 2.86. The average molecular weight is 290 g/mol. The van der Waals surface area contributed by atoms with Gasteiger partial charge < -0.3 is 15.4 Å². The summed E-state index contributed by atoms with van der Waals surface area (Å²) in [6.07, 6.45) is 2.76. The Labute approximate surface area is 127 Å². The molecule has 21 heavy (non-hydrogen) atoms. The molecule has 1 aromatic carbocycles. The van der Waals surface area contributed by atoms with Crippen LogP contribution in [0.4, 0.5) is 0 Å². The lowest BCUT2D eigenvalue weighted by Gasteiger charge is -2.33. The number of carbonyl (C=O) groups is 1. The van der Waals surface area contributed by atoms with Gasteiger partial charge in [-0.3, -0.25) is 4.79 Å². The van der Waals surface area contributed by atoms with Gasteiger partial charge in [0.05, 0.1) is 12.0 Å². The van der Waals surface area contributed by atoms with E-state index >= 15 is 0 Å².